The van der Waals surface area contributed by atoms with Gasteiger partial charge in [0.15, 0.2) is 0 Å². The number of carbonyl (C=O) groups excluding carboxylic acids is 1. The van der Waals surface area contributed by atoms with E-state index in [1.54, 1.807) is 0 Å². The summed E-state index contributed by atoms with van der Waals surface area (Å²) < 4.78 is 0. The summed E-state index contributed by atoms with van der Waals surface area (Å²) >= 11 is 0. The molecule has 1 rings (SSSR count). The fourth-order valence-corrected chi connectivity index (χ4v) is 0.566. The van der Waals surface area contributed by atoms with Crippen LogP contribution in [0, 0.1) is 11.8 Å². The highest BCUT2D eigenvalue weighted by Gasteiger charge is 2.07. The molecule has 0 aromatic heterocycles. The number of rotatable bonds is 0. The first-order valence-corrected chi connectivity index (χ1v) is 2.51. The van der Waals surface area contributed by atoms with Crippen LogP contribution in [0.2, 0.25) is 0 Å². The zero-order valence-corrected chi connectivity index (χ0v) is 4.35. The average molecular weight is 110 g/mol. The first-order chi connectivity index (χ1) is 3.79. The molecule has 1 aliphatic carbocycles. The van der Waals surface area contributed by atoms with Crippen molar-refractivity contribution in [2.45, 2.75) is 18.9 Å². The highest BCUT2D eigenvalue weighted by atomic mass is 16.3. The molecular weight excluding hydrogens is 104 g/mol. The number of aliphatic hydroxyl groups excluding tert-OH is 1. The van der Waals surface area contributed by atoms with Gasteiger partial charge in [-0.05, 0) is 12.3 Å². The molecule has 0 aromatic carbocycles. The summed E-state index contributed by atoms with van der Waals surface area (Å²) in [5.74, 6) is 4.62. The Kier molecular flexibility index (Phi) is 1.32. The van der Waals surface area contributed by atoms with Crippen molar-refractivity contribution in [1.82, 2.24) is 0 Å². The predicted molar refractivity (Wildman–Crippen MR) is 28.0 cm³/mol. The molecule has 1 N–H and O–H groups in total. The third-order valence-corrected chi connectivity index (χ3v) is 1.02. The maximum absolute atomic E-state index is 10.3. The lowest BCUT2D eigenvalue weighted by molar-refractivity contribution is -0.114. The van der Waals surface area contributed by atoms with Gasteiger partial charge >= 0.3 is 0 Å². The lowest BCUT2D eigenvalue weighted by Crippen LogP contribution is -2.11. The van der Waals surface area contributed by atoms with Gasteiger partial charge < -0.3 is 5.11 Å². The standard InChI is InChI=1S/C6H6O2/c7-5-1-2-6(8)4-3-5/h5,7H,1-2H2/t5-/m1/s1. The molecule has 2 nitrogen and oxygen atoms in total. The zero-order chi connectivity index (χ0) is 5.98. The van der Waals surface area contributed by atoms with Crippen LogP contribution in [-0.4, -0.2) is 17.0 Å². The van der Waals surface area contributed by atoms with E-state index in [2.05, 4.69) is 11.8 Å². The normalized spacial score (nSPS) is 26.6. The van der Waals surface area contributed by atoms with Gasteiger partial charge in [0.05, 0.1) is 0 Å². The van der Waals surface area contributed by atoms with Crippen LogP contribution in [0.5, 0.6) is 0 Å². The molecule has 0 aliphatic heterocycles. The monoisotopic (exact) mass is 110 g/mol. The molecule has 0 saturated heterocycles. The topological polar surface area (TPSA) is 37.3 Å². The quantitative estimate of drug-likeness (QED) is 0.344. The molecule has 0 fully saturated rings. The molecular formula is C6H6O2. The highest BCUT2D eigenvalue weighted by molar-refractivity contribution is 5.96. The van der Waals surface area contributed by atoms with Crippen LogP contribution in [0.1, 0.15) is 12.8 Å². The number of hydrogen-bond acceptors (Lipinski definition) is 2. The lowest BCUT2D eigenvalue weighted by atomic mass is 10.1. The Morgan fingerprint density at radius 1 is 1.75 bits per heavy atom. The maximum atomic E-state index is 10.3. The maximum Gasteiger partial charge on any atom is 0.205 e. The van der Waals surface area contributed by atoms with Crippen LogP contribution in [0.25, 0.3) is 0 Å². The van der Waals surface area contributed by atoms with Gasteiger partial charge in [-0.2, -0.15) is 0 Å². The van der Waals surface area contributed by atoms with Crippen molar-refractivity contribution in [1.29, 1.82) is 0 Å². The molecule has 0 saturated carbocycles. The van der Waals surface area contributed by atoms with Gasteiger partial charge in [0, 0.05) is 6.42 Å². The minimum atomic E-state index is -0.562. The van der Waals surface area contributed by atoms with E-state index < -0.39 is 6.10 Å². The minimum absolute atomic E-state index is 0.0599. The van der Waals surface area contributed by atoms with Crippen LogP contribution in [0.3, 0.4) is 0 Å². The van der Waals surface area contributed by atoms with Gasteiger partial charge in [-0.1, -0.05) is 5.92 Å². The summed E-state index contributed by atoms with van der Waals surface area (Å²) in [4.78, 5) is 10.3. The van der Waals surface area contributed by atoms with Crippen molar-refractivity contribution in [3.05, 3.63) is 0 Å². The van der Waals surface area contributed by atoms with Crippen molar-refractivity contribution in [2.75, 3.05) is 0 Å². The summed E-state index contributed by atoms with van der Waals surface area (Å²) in [5.41, 5.74) is 0. The van der Waals surface area contributed by atoms with E-state index in [0.717, 1.165) is 0 Å². The van der Waals surface area contributed by atoms with E-state index in [-0.39, 0.29) is 5.78 Å². The molecule has 8 heavy (non-hydrogen) atoms. The molecule has 0 unspecified atom stereocenters. The first kappa shape index (κ1) is 5.33. The molecule has 0 aromatic rings. The Labute approximate surface area is 47.5 Å². The number of hydrogen-bond donors (Lipinski definition) is 1. The Morgan fingerprint density at radius 2 is 2.50 bits per heavy atom. The highest BCUT2D eigenvalue weighted by Crippen LogP contribution is 2.00. The third-order valence-electron chi connectivity index (χ3n) is 1.02. The fraction of sp³-hybridized carbons (Fsp3) is 0.500. The van der Waals surface area contributed by atoms with Gasteiger partial charge in [-0.25, -0.2) is 0 Å². The van der Waals surface area contributed by atoms with Crippen molar-refractivity contribution in [3.8, 4) is 11.8 Å². The molecule has 42 valence electrons. The third kappa shape index (κ3) is 1.08. The van der Waals surface area contributed by atoms with Crippen molar-refractivity contribution >= 4 is 5.78 Å². The Bertz CT molecular complexity index is 161. The SMILES string of the molecule is O=C1C#C[C@H](O)CC1. The average Bonchev–Trinajstić information content (AvgIpc) is 1.77. The molecule has 2 heteroatoms. The second-order valence-electron chi connectivity index (χ2n) is 1.75. The summed E-state index contributed by atoms with van der Waals surface area (Å²) in [7, 11) is 0. The number of ketones is 1. The van der Waals surface area contributed by atoms with Crippen molar-refractivity contribution in [3.63, 3.8) is 0 Å². The van der Waals surface area contributed by atoms with E-state index in [0.29, 0.717) is 12.8 Å². The van der Waals surface area contributed by atoms with Gasteiger partial charge in [0.2, 0.25) is 5.78 Å². The Balaban J connectivity index is 2.65. The van der Waals surface area contributed by atoms with E-state index in [1.165, 1.54) is 0 Å². The largest absolute Gasteiger partial charge is 0.380 e. The van der Waals surface area contributed by atoms with E-state index in [1.807, 2.05) is 0 Å². The van der Waals surface area contributed by atoms with Gasteiger partial charge in [-0.3, -0.25) is 4.79 Å². The van der Waals surface area contributed by atoms with Crippen molar-refractivity contribution < 1.29 is 9.90 Å². The van der Waals surface area contributed by atoms with Gasteiger partial charge in [-0.15, -0.1) is 0 Å². The Hall–Kier alpha value is -0.810. The van der Waals surface area contributed by atoms with Crippen LogP contribution < -0.4 is 0 Å². The Morgan fingerprint density at radius 3 is 2.88 bits per heavy atom. The second kappa shape index (κ2) is 1.97. The van der Waals surface area contributed by atoms with E-state index in [4.69, 9.17) is 5.11 Å². The molecule has 0 heterocycles. The number of carbonyl (C=O) groups is 1. The van der Waals surface area contributed by atoms with Crippen LogP contribution >= 0.6 is 0 Å². The molecule has 0 radical (unpaired) electrons. The zero-order valence-electron chi connectivity index (χ0n) is 4.35. The summed E-state index contributed by atoms with van der Waals surface area (Å²) in [6.07, 6.45) is 0.354. The molecule has 1 aliphatic rings. The minimum Gasteiger partial charge on any atom is -0.380 e. The van der Waals surface area contributed by atoms with Crippen LogP contribution in [-0.2, 0) is 4.79 Å². The summed E-state index contributed by atoms with van der Waals surface area (Å²) in [6, 6.07) is 0. The second-order valence-corrected chi connectivity index (χ2v) is 1.75. The summed E-state index contributed by atoms with van der Waals surface area (Å²) in [6.45, 7) is 0. The number of Topliss-reactive ketones (excluding diaryl/α,β-unsaturated/α-hetero) is 1. The van der Waals surface area contributed by atoms with Crippen LogP contribution in [0.4, 0.5) is 0 Å². The molecule has 0 bridgehead atoms. The lowest BCUT2D eigenvalue weighted by Gasteiger charge is -2.02. The molecule has 0 amide bonds. The van der Waals surface area contributed by atoms with Crippen molar-refractivity contribution in [2.24, 2.45) is 0 Å². The predicted octanol–water partition coefficient (Wildman–Crippen LogP) is -0.286. The first-order valence-electron chi connectivity index (χ1n) is 2.51. The summed E-state index contributed by atoms with van der Waals surface area (Å²) in [5, 5.41) is 8.70. The molecule has 1 atom stereocenters. The van der Waals surface area contributed by atoms with Gasteiger partial charge in [0.1, 0.15) is 6.10 Å². The van der Waals surface area contributed by atoms with Gasteiger partial charge in [0.25, 0.3) is 0 Å². The smallest absolute Gasteiger partial charge is 0.205 e. The fourth-order valence-electron chi connectivity index (χ4n) is 0.566. The van der Waals surface area contributed by atoms with E-state index >= 15 is 0 Å². The molecule has 0 spiro atoms. The number of aliphatic hydroxyl groups is 1. The van der Waals surface area contributed by atoms with E-state index in [9.17, 15) is 4.79 Å². The van der Waals surface area contributed by atoms with Crippen LogP contribution in [0.15, 0.2) is 0 Å².